The summed E-state index contributed by atoms with van der Waals surface area (Å²) in [5, 5.41) is 0. The lowest BCUT2D eigenvalue weighted by Crippen LogP contribution is -2.19. The molecule has 0 bridgehead atoms. The highest BCUT2D eigenvalue weighted by molar-refractivity contribution is 5.87. The van der Waals surface area contributed by atoms with E-state index in [-0.39, 0.29) is 0 Å². The lowest BCUT2D eigenvalue weighted by atomic mass is 9.97. The number of anilines is 4. The Hall–Kier alpha value is -8.46. The van der Waals surface area contributed by atoms with Gasteiger partial charge in [-0.2, -0.15) is 0 Å². The van der Waals surface area contributed by atoms with Gasteiger partial charge in [0.05, 0.1) is 0 Å². The summed E-state index contributed by atoms with van der Waals surface area (Å²) in [6, 6.07) is 91.2. The molecular weight excluding hydrogens is 833 g/mol. The van der Waals surface area contributed by atoms with Crippen molar-refractivity contribution in [3.8, 4) is 22.3 Å². The summed E-state index contributed by atoms with van der Waals surface area (Å²) in [4.78, 5) is 4.80. The van der Waals surface area contributed by atoms with Gasteiger partial charge in [-0.25, -0.2) is 0 Å². The van der Waals surface area contributed by atoms with Crippen LogP contribution in [0.4, 0.5) is 22.7 Å². The van der Waals surface area contributed by atoms with Gasteiger partial charge in [0, 0.05) is 35.0 Å². The van der Waals surface area contributed by atoms with Crippen LogP contribution >= 0.6 is 0 Å². The summed E-state index contributed by atoms with van der Waals surface area (Å²) in [6.07, 6.45) is 11.1. The van der Waals surface area contributed by atoms with Crippen LogP contribution in [0.25, 0.3) is 39.0 Å². The molecule has 0 aliphatic carbocycles. The maximum atomic E-state index is 2.42. The molecule has 0 aliphatic heterocycles. The average Bonchev–Trinajstić information content (AvgIpc) is 3.43. The van der Waals surface area contributed by atoms with Gasteiger partial charge in [0.15, 0.2) is 0 Å². The molecule has 9 aromatic carbocycles. The topological polar surface area (TPSA) is 6.48 Å². The fraction of sp³-hybridized carbons (Fsp3) is 0.0746. The fourth-order valence-electron chi connectivity index (χ4n) is 8.90. The molecule has 0 saturated carbocycles. The molecule has 0 N–H and O–H groups in total. The van der Waals surface area contributed by atoms with Crippen LogP contribution in [0.1, 0.15) is 42.5 Å². The highest BCUT2D eigenvalue weighted by Gasteiger charge is 2.18. The van der Waals surface area contributed by atoms with Gasteiger partial charge in [-0.15, -0.1) is 0 Å². The molecule has 336 valence electrons. The Labute approximate surface area is 409 Å². The van der Waals surface area contributed by atoms with E-state index in [0.29, 0.717) is 6.54 Å². The van der Waals surface area contributed by atoms with Gasteiger partial charge in [0.2, 0.25) is 0 Å². The lowest BCUT2D eigenvalue weighted by molar-refractivity contribution is 1.11. The molecule has 0 aliphatic rings. The summed E-state index contributed by atoms with van der Waals surface area (Å²) >= 11 is 0. The van der Waals surface area contributed by atoms with Crippen molar-refractivity contribution in [3.63, 3.8) is 0 Å². The lowest BCUT2D eigenvalue weighted by Gasteiger charge is -2.28. The number of allylic oxidation sites excluding steroid dienone is 6. The molecule has 9 rings (SSSR count). The first-order valence-electron chi connectivity index (χ1n) is 24.1. The Morgan fingerprint density at radius 3 is 1.30 bits per heavy atom. The number of nitrogens with zero attached hydrogens (tertiary/aromatic N) is 2. The molecule has 0 amide bonds. The first-order chi connectivity index (χ1) is 34.1. The summed E-state index contributed by atoms with van der Waals surface area (Å²) in [5.41, 5.74) is 18.9. The molecule has 9 aromatic rings. The molecule has 2 heteroatoms. The smallest absolute Gasteiger partial charge is 0.0493 e. The normalized spacial score (nSPS) is 12.1. The largest absolute Gasteiger partial charge is 0.337 e. The molecule has 0 heterocycles. The summed E-state index contributed by atoms with van der Waals surface area (Å²) in [6.45, 7) is 5.13. The van der Waals surface area contributed by atoms with Crippen molar-refractivity contribution >= 4 is 39.5 Å². The summed E-state index contributed by atoms with van der Waals surface area (Å²) in [5.74, 6) is 0. The minimum Gasteiger partial charge on any atom is -0.337 e. The van der Waals surface area contributed by atoms with Crippen LogP contribution in [0.3, 0.4) is 0 Å². The average molecular weight is 891 g/mol. The number of rotatable bonds is 17. The molecule has 0 spiro atoms. The second-order valence-corrected chi connectivity index (χ2v) is 17.2. The van der Waals surface area contributed by atoms with E-state index in [1.807, 2.05) is 0 Å². The Morgan fingerprint density at radius 2 is 0.797 bits per heavy atom. The van der Waals surface area contributed by atoms with Crippen molar-refractivity contribution < 1.29 is 0 Å². The van der Waals surface area contributed by atoms with Crippen LogP contribution in [0.2, 0.25) is 0 Å². The maximum Gasteiger partial charge on any atom is 0.0493 e. The molecular formula is C67H58N2. The van der Waals surface area contributed by atoms with E-state index in [1.165, 1.54) is 61.2 Å². The quantitative estimate of drug-likeness (QED) is 0.0841. The van der Waals surface area contributed by atoms with Crippen LogP contribution < -0.4 is 9.80 Å². The minimum atomic E-state index is 0.701. The zero-order valence-corrected chi connectivity index (χ0v) is 39.6. The second kappa shape index (κ2) is 22.8. The number of para-hydroxylation sites is 2. The predicted molar refractivity (Wildman–Crippen MR) is 297 cm³/mol. The standard InChI is InChI=1S/C67H58N2/c1-3-23-61(55-29-14-6-15-30-55)50-62(56-31-16-7-17-32-56)51-68(63-33-18-8-19-34-63)64-46-42-59(43-47-64)57-38-40-58(41-39-57)60-44-48-66(49-45-60)69(65-35-20-9-21-36-65)67(52(2)54-27-12-5-13-28-54)37-22-26-53-24-10-4-11-25-53/h4-25,27-50H,3,26,51H2,1-2H3/b37-22-,61-23+,62-50+,67-52-. The van der Waals surface area contributed by atoms with Gasteiger partial charge in [-0.3, -0.25) is 0 Å². The van der Waals surface area contributed by atoms with E-state index in [2.05, 4.69) is 303 Å². The molecule has 0 atom stereocenters. The first kappa shape index (κ1) is 45.7. The maximum absolute atomic E-state index is 2.42. The van der Waals surface area contributed by atoms with Crippen molar-refractivity contribution in [2.24, 2.45) is 0 Å². The Kier molecular flexibility index (Phi) is 15.1. The summed E-state index contributed by atoms with van der Waals surface area (Å²) in [7, 11) is 0. The zero-order valence-electron chi connectivity index (χ0n) is 39.6. The molecule has 0 radical (unpaired) electrons. The molecule has 69 heavy (non-hydrogen) atoms. The third kappa shape index (κ3) is 11.6. The Balaban J connectivity index is 0.987. The van der Waals surface area contributed by atoms with E-state index in [4.69, 9.17) is 0 Å². The van der Waals surface area contributed by atoms with Crippen LogP contribution in [-0.2, 0) is 6.42 Å². The van der Waals surface area contributed by atoms with Gasteiger partial charge in [-0.1, -0.05) is 225 Å². The Morgan fingerprint density at radius 1 is 0.406 bits per heavy atom. The van der Waals surface area contributed by atoms with Crippen molar-refractivity contribution in [1.82, 2.24) is 0 Å². The summed E-state index contributed by atoms with van der Waals surface area (Å²) < 4.78 is 0. The number of hydrogen-bond acceptors (Lipinski definition) is 2. The van der Waals surface area contributed by atoms with Gasteiger partial charge >= 0.3 is 0 Å². The van der Waals surface area contributed by atoms with E-state index in [1.54, 1.807) is 0 Å². The highest BCUT2D eigenvalue weighted by atomic mass is 15.1. The molecule has 2 nitrogen and oxygen atoms in total. The van der Waals surface area contributed by atoms with Crippen LogP contribution in [0.5, 0.6) is 0 Å². The van der Waals surface area contributed by atoms with Crippen molar-refractivity contribution in [2.75, 3.05) is 16.3 Å². The molecule has 0 saturated heterocycles. The van der Waals surface area contributed by atoms with Crippen LogP contribution in [-0.4, -0.2) is 6.54 Å². The Bertz CT molecular complexity index is 3120. The number of benzene rings is 9. The van der Waals surface area contributed by atoms with Crippen molar-refractivity contribution in [2.45, 2.75) is 26.7 Å². The van der Waals surface area contributed by atoms with E-state index >= 15 is 0 Å². The SMILES string of the molecule is CC/C=C(\C=C(/CN(c1ccccc1)c1ccc(-c2ccc(-c3ccc(N(C(/C=C\Cc4ccccc4)=C(/C)c4ccccc4)c4ccccc4)cc3)cc2)cc1)c1ccccc1)c1ccccc1. The molecule has 0 unspecified atom stereocenters. The third-order valence-electron chi connectivity index (χ3n) is 12.6. The van der Waals surface area contributed by atoms with E-state index in [0.717, 1.165) is 41.3 Å². The monoisotopic (exact) mass is 890 g/mol. The first-order valence-corrected chi connectivity index (χ1v) is 24.1. The predicted octanol–water partition coefficient (Wildman–Crippen LogP) is 18.1. The van der Waals surface area contributed by atoms with Gasteiger partial charge in [0.1, 0.15) is 0 Å². The molecule has 0 aromatic heterocycles. The van der Waals surface area contributed by atoms with E-state index in [9.17, 15) is 0 Å². The van der Waals surface area contributed by atoms with Crippen molar-refractivity contribution in [3.05, 3.63) is 307 Å². The highest BCUT2D eigenvalue weighted by Crippen LogP contribution is 2.37. The van der Waals surface area contributed by atoms with Crippen molar-refractivity contribution in [1.29, 1.82) is 0 Å². The zero-order chi connectivity index (χ0) is 47.0. The second-order valence-electron chi connectivity index (χ2n) is 17.2. The van der Waals surface area contributed by atoms with E-state index < -0.39 is 0 Å². The van der Waals surface area contributed by atoms with Gasteiger partial charge < -0.3 is 9.80 Å². The van der Waals surface area contributed by atoms with Crippen LogP contribution in [0, 0.1) is 0 Å². The fourth-order valence-corrected chi connectivity index (χ4v) is 8.90. The number of hydrogen-bond donors (Lipinski definition) is 0. The molecule has 0 fully saturated rings. The van der Waals surface area contributed by atoms with Gasteiger partial charge in [0.25, 0.3) is 0 Å². The van der Waals surface area contributed by atoms with Crippen LogP contribution in [0.15, 0.2) is 285 Å². The third-order valence-corrected chi connectivity index (χ3v) is 12.6. The minimum absolute atomic E-state index is 0.701. The van der Waals surface area contributed by atoms with Gasteiger partial charge in [-0.05, 0) is 142 Å².